The average Bonchev–Trinajstić information content (AvgIpc) is 3.32. The highest BCUT2D eigenvalue weighted by molar-refractivity contribution is 6.02. The van der Waals surface area contributed by atoms with E-state index in [2.05, 4.69) is 36.8 Å². The monoisotopic (exact) mass is 389 g/mol. The number of hydrogen-bond donors (Lipinski definition) is 2. The van der Waals surface area contributed by atoms with Gasteiger partial charge in [-0.3, -0.25) is 9.48 Å². The summed E-state index contributed by atoms with van der Waals surface area (Å²) in [7, 11) is 3.74. The van der Waals surface area contributed by atoms with E-state index < -0.39 is 0 Å². The Balaban J connectivity index is 1.49. The summed E-state index contributed by atoms with van der Waals surface area (Å²) in [5, 5.41) is 12.5. The molecule has 5 rings (SSSR count). The predicted molar refractivity (Wildman–Crippen MR) is 111 cm³/mol. The molecule has 0 bridgehead atoms. The van der Waals surface area contributed by atoms with Crippen LogP contribution in [0.1, 0.15) is 43.0 Å². The number of carbonyl (C=O) groups is 1. The lowest BCUT2D eigenvalue weighted by atomic mass is 9.98. The van der Waals surface area contributed by atoms with Crippen molar-refractivity contribution in [2.45, 2.75) is 31.6 Å². The minimum Gasteiger partial charge on any atom is -0.373 e. The number of hydrogen-bond acceptors (Lipinski definition) is 6. The molecule has 8 heteroatoms. The van der Waals surface area contributed by atoms with Gasteiger partial charge in [0.05, 0.1) is 0 Å². The number of aromatic nitrogens is 5. The summed E-state index contributed by atoms with van der Waals surface area (Å²) in [4.78, 5) is 25.6. The first-order valence-corrected chi connectivity index (χ1v) is 9.94. The van der Waals surface area contributed by atoms with E-state index >= 15 is 0 Å². The molecule has 1 unspecified atom stereocenters. The molecule has 0 aromatic carbocycles. The molecular weight excluding hydrogens is 366 g/mol. The Morgan fingerprint density at radius 3 is 2.76 bits per heavy atom. The van der Waals surface area contributed by atoms with E-state index in [4.69, 9.17) is 0 Å². The van der Waals surface area contributed by atoms with Crippen LogP contribution in [0.3, 0.4) is 0 Å². The second kappa shape index (κ2) is 6.95. The van der Waals surface area contributed by atoms with E-state index in [1.165, 1.54) is 5.57 Å². The number of rotatable bonds is 5. The quantitative estimate of drug-likeness (QED) is 0.696. The Morgan fingerprint density at radius 2 is 2.03 bits per heavy atom. The standard InChI is InChI=1S/C21H23N7O/c1-22-20-17-10-23-18(26-21(29)12-3-4-12)8-15(17)16(9-24-20)13-5-6-14(7-13)19-25-11-28(2)27-19/h5,8-12,14H,3-4,6-7H2,1-2H3,(H,22,24)(H,23,26,29). The molecule has 3 aromatic rings. The van der Waals surface area contributed by atoms with Crippen molar-refractivity contribution in [3.05, 3.63) is 42.3 Å². The SMILES string of the molecule is CNc1ncc(C2=CCC(c3ncn(C)n3)C2)c2cc(NC(=O)C3CC3)ncc12. The molecular formula is C21H23N7O. The molecule has 8 nitrogen and oxygen atoms in total. The van der Waals surface area contributed by atoms with Crippen molar-refractivity contribution in [3.8, 4) is 0 Å². The lowest BCUT2D eigenvalue weighted by Gasteiger charge is -2.13. The molecule has 1 saturated carbocycles. The van der Waals surface area contributed by atoms with Crippen LogP contribution in [-0.2, 0) is 11.8 Å². The van der Waals surface area contributed by atoms with Gasteiger partial charge < -0.3 is 10.6 Å². The fourth-order valence-corrected chi connectivity index (χ4v) is 3.91. The number of anilines is 2. The second-order valence-electron chi connectivity index (χ2n) is 7.79. The Hall–Kier alpha value is -3.29. The van der Waals surface area contributed by atoms with Crippen LogP contribution in [0.15, 0.2) is 30.9 Å². The first-order valence-electron chi connectivity index (χ1n) is 9.94. The number of fused-ring (bicyclic) bond motifs is 1. The Kier molecular flexibility index (Phi) is 4.26. The van der Waals surface area contributed by atoms with E-state index in [0.717, 1.165) is 53.7 Å². The number of amides is 1. The largest absolute Gasteiger partial charge is 0.373 e. The molecule has 0 radical (unpaired) electrons. The van der Waals surface area contributed by atoms with E-state index in [1.807, 2.05) is 26.4 Å². The molecule has 0 aliphatic heterocycles. The molecule has 148 valence electrons. The maximum Gasteiger partial charge on any atom is 0.228 e. The highest BCUT2D eigenvalue weighted by Crippen LogP contribution is 2.40. The third-order valence-electron chi connectivity index (χ3n) is 5.65. The van der Waals surface area contributed by atoms with Crippen molar-refractivity contribution in [1.29, 1.82) is 0 Å². The third kappa shape index (κ3) is 3.35. The van der Waals surface area contributed by atoms with Gasteiger partial charge >= 0.3 is 0 Å². The minimum atomic E-state index is 0.0580. The molecule has 2 aliphatic rings. The van der Waals surface area contributed by atoms with Crippen LogP contribution in [0.5, 0.6) is 0 Å². The third-order valence-corrected chi connectivity index (χ3v) is 5.65. The Bertz CT molecular complexity index is 1130. The first-order chi connectivity index (χ1) is 14.1. The number of nitrogens with zero attached hydrogens (tertiary/aromatic N) is 5. The van der Waals surface area contributed by atoms with Crippen LogP contribution in [0, 0.1) is 5.92 Å². The van der Waals surface area contributed by atoms with Crippen LogP contribution in [0.4, 0.5) is 11.6 Å². The van der Waals surface area contributed by atoms with E-state index in [1.54, 1.807) is 17.2 Å². The van der Waals surface area contributed by atoms with Crippen LogP contribution in [-0.4, -0.2) is 37.7 Å². The lowest BCUT2D eigenvalue weighted by molar-refractivity contribution is -0.117. The predicted octanol–water partition coefficient (Wildman–Crippen LogP) is 3.11. The van der Waals surface area contributed by atoms with E-state index in [9.17, 15) is 4.79 Å². The van der Waals surface area contributed by atoms with Crippen molar-refractivity contribution in [2.75, 3.05) is 17.7 Å². The number of allylic oxidation sites excluding steroid dienone is 2. The number of nitrogens with one attached hydrogen (secondary N) is 2. The zero-order valence-corrected chi connectivity index (χ0v) is 16.5. The van der Waals surface area contributed by atoms with Crippen molar-refractivity contribution < 1.29 is 4.79 Å². The molecule has 3 aromatic heterocycles. The number of carbonyl (C=O) groups excluding carboxylic acids is 1. The summed E-state index contributed by atoms with van der Waals surface area (Å²) in [6.07, 6.45) is 11.4. The zero-order chi connectivity index (χ0) is 20.0. The van der Waals surface area contributed by atoms with Gasteiger partial charge in [0.2, 0.25) is 5.91 Å². The van der Waals surface area contributed by atoms with Crippen molar-refractivity contribution in [2.24, 2.45) is 13.0 Å². The highest BCUT2D eigenvalue weighted by Gasteiger charge is 2.30. The fraction of sp³-hybridized carbons (Fsp3) is 0.381. The summed E-state index contributed by atoms with van der Waals surface area (Å²) in [6.45, 7) is 0. The van der Waals surface area contributed by atoms with Gasteiger partial charge in [0.15, 0.2) is 5.82 Å². The minimum absolute atomic E-state index is 0.0580. The number of pyridine rings is 2. The van der Waals surface area contributed by atoms with Crippen molar-refractivity contribution in [1.82, 2.24) is 24.7 Å². The lowest BCUT2D eigenvalue weighted by Crippen LogP contribution is -2.14. The van der Waals surface area contributed by atoms with Crippen LogP contribution in [0.25, 0.3) is 16.3 Å². The summed E-state index contributed by atoms with van der Waals surface area (Å²) >= 11 is 0. The second-order valence-corrected chi connectivity index (χ2v) is 7.79. The Labute approximate surface area is 168 Å². The molecule has 3 heterocycles. The normalized spacial score (nSPS) is 18.7. The Morgan fingerprint density at radius 1 is 1.17 bits per heavy atom. The van der Waals surface area contributed by atoms with Gasteiger partial charge in [-0.05, 0) is 42.7 Å². The summed E-state index contributed by atoms with van der Waals surface area (Å²) in [5.74, 6) is 2.72. The van der Waals surface area contributed by atoms with Gasteiger partial charge in [-0.25, -0.2) is 15.0 Å². The average molecular weight is 389 g/mol. The fourth-order valence-electron chi connectivity index (χ4n) is 3.91. The van der Waals surface area contributed by atoms with Crippen molar-refractivity contribution >= 4 is 33.9 Å². The zero-order valence-electron chi connectivity index (χ0n) is 16.5. The molecule has 1 amide bonds. The summed E-state index contributed by atoms with van der Waals surface area (Å²) in [6, 6.07) is 1.96. The van der Waals surface area contributed by atoms with E-state index in [-0.39, 0.29) is 17.7 Å². The number of aryl methyl sites for hydroxylation is 1. The topological polar surface area (TPSA) is 97.6 Å². The van der Waals surface area contributed by atoms with Crippen LogP contribution >= 0.6 is 0 Å². The van der Waals surface area contributed by atoms with Gasteiger partial charge in [-0.2, -0.15) is 5.10 Å². The molecule has 0 spiro atoms. The smallest absolute Gasteiger partial charge is 0.228 e. The maximum absolute atomic E-state index is 12.2. The molecule has 1 atom stereocenters. The van der Waals surface area contributed by atoms with Crippen molar-refractivity contribution in [3.63, 3.8) is 0 Å². The van der Waals surface area contributed by atoms with Gasteiger partial charge in [-0.15, -0.1) is 0 Å². The van der Waals surface area contributed by atoms with Gasteiger partial charge in [-0.1, -0.05) is 6.08 Å². The summed E-state index contributed by atoms with van der Waals surface area (Å²) in [5.41, 5.74) is 2.30. The van der Waals surface area contributed by atoms with Gasteiger partial charge in [0.1, 0.15) is 18.0 Å². The van der Waals surface area contributed by atoms with Crippen LogP contribution in [0.2, 0.25) is 0 Å². The van der Waals surface area contributed by atoms with Gasteiger partial charge in [0.25, 0.3) is 0 Å². The van der Waals surface area contributed by atoms with E-state index in [0.29, 0.717) is 5.82 Å². The van der Waals surface area contributed by atoms with Crippen LogP contribution < -0.4 is 10.6 Å². The molecule has 0 saturated heterocycles. The molecule has 29 heavy (non-hydrogen) atoms. The first kappa shape index (κ1) is 17.8. The van der Waals surface area contributed by atoms with Gasteiger partial charge in [0, 0.05) is 49.3 Å². The summed E-state index contributed by atoms with van der Waals surface area (Å²) < 4.78 is 1.74. The molecule has 2 N–H and O–H groups in total. The molecule has 2 aliphatic carbocycles. The highest BCUT2D eigenvalue weighted by atomic mass is 16.2. The molecule has 1 fully saturated rings. The maximum atomic E-state index is 12.2.